The van der Waals surface area contributed by atoms with Gasteiger partial charge in [0.15, 0.2) is 6.10 Å². The van der Waals surface area contributed by atoms with Crippen molar-refractivity contribution in [3.63, 3.8) is 0 Å². The van der Waals surface area contributed by atoms with Crippen molar-refractivity contribution in [3.05, 3.63) is 70.4 Å². The minimum absolute atomic E-state index is 0.210. The van der Waals surface area contributed by atoms with Crippen molar-refractivity contribution in [1.29, 1.82) is 0 Å². The first-order valence-electron chi connectivity index (χ1n) is 11.7. The molecule has 0 bridgehead atoms. The number of para-hydroxylation sites is 1. The molecule has 6 nitrogen and oxygen atoms in total. The zero-order chi connectivity index (χ0) is 24.0. The molecule has 0 N–H and O–H groups in total. The Morgan fingerprint density at radius 2 is 1.94 bits per heavy atom. The summed E-state index contributed by atoms with van der Waals surface area (Å²) in [6.07, 6.45) is 1.88. The highest BCUT2D eigenvalue weighted by molar-refractivity contribution is 5.98. The van der Waals surface area contributed by atoms with E-state index in [9.17, 15) is 4.79 Å². The summed E-state index contributed by atoms with van der Waals surface area (Å²) in [5.41, 5.74) is 3.52. The Labute approximate surface area is 199 Å². The van der Waals surface area contributed by atoms with E-state index in [0.29, 0.717) is 6.61 Å². The molecule has 0 saturated carbocycles. The molecule has 5 rings (SSSR count). The van der Waals surface area contributed by atoms with Crippen LogP contribution in [0.5, 0.6) is 5.75 Å². The molecule has 34 heavy (non-hydrogen) atoms. The number of ether oxygens (including phenoxy) is 3. The second-order valence-electron chi connectivity index (χ2n) is 9.90. The quantitative estimate of drug-likeness (QED) is 0.561. The van der Waals surface area contributed by atoms with Crippen molar-refractivity contribution in [1.82, 2.24) is 4.98 Å². The van der Waals surface area contributed by atoms with Gasteiger partial charge in [0.1, 0.15) is 5.75 Å². The monoisotopic (exact) mass is 458 g/mol. The number of nitrogens with zero attached hydrogens (tertiary/aromatic N) is 2. The first-order valence-corrected chi connectivity index (χ1v) is 11.7. The average Bonchev–Trinajstić information content (AvgIpc) is 2.82. The van der Waals surface area contributed by atoms with Gasteiger partial charge in [0.2, 0.25) is 0 Å². The van der Waals surface area contributed by atoms with E-state index < -0.39 is 17.7 Å². The van der Waals surface area contributed by atoms with Gasteiger partial charge in [0.25, 0.3) is 0 Å². The van der Waals surface area contributed by atoms with Crippen LogP contribution < -0.4 is 15.3 Å². The molecule has 6 heteroatoms. The van der Waals surface area contributed by atoms with Crippen LogP contribution in [0.1, 0.15) is 38.8 Å². The maximum Gasteiger partial charge on any atom is 0.335 e. The zero-order valence-electron chi connectivity index (χ0n) is 20.3. The predicted octanol–water partition coefficient (Wildman–Crippen LogP) is 3.36. The highest BCUT2D eigenvalue weighted by atomic mass is 16.6. The molecule has 0 amide bonds. The van der Waals surface area contributed by atoms with Crippen LogP contribution in [0.2, 0.25) is 0 Å². The minimum atomic E-state index is -0.825. The van der Waals surface area contributed by atoms with E-state index in [2.05, 4.69) is 18.2 Å². The third-order valence-corrected chi connectivity index (χ3v) is 6.49. The normalized spacial score (nSPS) is 20.2. The molecule has 2 aromatic carbocycles. The van der Waals surface area contributed by atoms with E-state index in [0.717, 1.165) is 44.8 Å². The van der Waals surface area contributed by atoms with E-state index in [1.807, 2.05) is 58.2 Å². The van der Waals surface area contributed by atoms with Gasteiger partial charge in [-0.15, -0.1) is 0 Å². The Morgan fingerprint density at radius 3 is 2.71 bits per heavy atom. The van der Waals surface area contributed by atoms with Crippen LogP contribution in [0.15, 0.2) is 53.7 Å². The first kappa shape index (κ1) is 22.5. The van der Waals surface area contributed by atoms with Crippen LogP contribution in [0.25, 0.3) is 16.5 Å². The van der Waals surface area contributed by atoms with Crippen molar-refractivity contribution >= 4 is 22.4 Å². The van der Waals surface area contributed by atoms with Crippen LogP contribution in [0, 0.1) is 5.92 Å². The summed E-state index contributed by atoms with van der Waals surface area (Å²) < 4.78 is 17.5. The summed E-state index contributed by atoms with van der Waals surface area (Å²) in [6, 6.07) is 14.0. The summed E-state index contributed by atoms with van der Waals surface area (Å²) in [5, 5.41) is 2.92. The van der Waals surface area contributed by atoms with Crippen LogP contribution in [0.4, 0.5) is 0 Å². The standard InChI is InChI=1S/C28H30N2O4/c1-16-22(26(27(31)32-5)34-28(2,3)4)24(18-8-6-7-9-20(18)30-16)19-10-11-21-23-17(13-15-33-21)12-14-29-25(19)23/h6-12,14,16,22,26H,13,15H2,1-5H3/t16?,22?,26-/m0/s1. The minimum Gasteiger partial charge on any atom is -0.493 e. The van der Waals surface area contributed by atoms with E-state index in [4.69, 9.17) is 24.2 Å². The summed E-state index contributed by atoms with van der Waals surface area (Å²) >= 11 is 0. The molecule has 3 aromatic rings. The Bertz CT molecular complexity index is 1380. The summed E-state index contributed by atoms with van der Waals surface area (Å²) in [4.78, 5) is 22.9. The fraction of sp³-hybridized carbons (Fsp3) is 0.393. The molecule has 0 aliphatic carbocycles. The van der Waals surface area contributed by atoms with E-state index in [1.165, 1.54) is 12.7 Å². The first-order chi connectivity index (χ1) is 16.3. The molecular formula is C28H30N2O4. The summed E-state index contributed by atoms with van der Waals surface area (Å²) in [5.74, 6) is 0.0883. The van der Waals surface area contributed by atoms with Gasteiger partial charge in [-0.3, -0.25) is 9.98 Å². The average molecular weight is 459 g/mol. The number of benzene rings is 2. The van der Waals surface area contributed by atoms with E-state index in [1.54, 1.807) is 0 Å². The number of hydrogen-bond acceptors (Lipinski definition) is 6. The van der Waals surface area contributed by atoms with E-state index >= 15 is 0 Å². The van der Waals surface area contributed by atoms with E-state index in [-0.39, 0.29) is 12.0 Å². The summed E-state index contributed by atoms with van der Waals surface area (Å²) in [6.45, 7) is 8.53. The smallest absolute Gasteiger partial charge is 0.335 e. The molecule has 1 aromatic heterocycles. The van der Waals surface area contributed by atoms with Crippen molar-refractivity contribution in [2.24, 2.45) is 10.9 Å². The lowest BCUT2D eigenvalue weighted by Gasteiger charge is -2.36. The molecule has 176 valence electrons. The molecule has 0 saturated heterocycles. The maximum absolute atomic E-state index is 13.1. The van der Waals surface area contributed by atoms with Gasteiger partial charge < -0.3 is 14.2 Å². The molecule has 2 aliphatic heterocycles. The SMILES string of the molecule is COC(=O)[C@@H](OC(C)(C)C)C1C(c2ccc3c4c(ccnc24)CCO3)=c2ccccc2=NC1C. The van der Waals surface area contributed by atoms with Gasteiger partial charge in [0.05, 0.1) is 36.2 Å². The number of fused-ring (bicyclic) bond motifs is 1. The van der Waals surface area contributed by atoms with Crippen molar-refractivity contribution in [2.75, 3.05) is 13.7 Å². The molecule has 2 aliphatic rings. The van der Waals surface area contributed by atoms with Gasteiger partial charge >= 0.3 is 5.97 Å². The maximum atomic E-state index is 13.1. The molecule has 2 unspecified atom stereocenters. The van der Waals surface area contributed by atoms with Crippen LogP contribution in [-0.2, 0) is 20.7 Å². The van der Waals surface area contributed by atoms with Crippen molar-refractivity contribution < 1.29 is 19.0 Å². The van der Waals surface area contributed by atoms with Gasteiger partial charge in [0, 0.05) is 34.7 Å². The highest BCUT2D eigenvalue weighted by Crippen LogP contribution is 2.40. The van der Waals surface area contributed by atoms with Gasteiger partial charge in [-0.1, -0.05) is 18.2 Å². The molecule has 0 spiro atoms. The van der Waals surface area contributed by atoms with Crippen molar-refractivity contribution in [3.8, 4) is 5.75 Å². The number of pyridine rings is 1. The van der Waals surface area contributed by atoms with Crippen LogP contribution in [-0.4, -0.2) is 42.4 Å². The second-order valence-corrected chi connectivity index (χ2v) is 9.90. The number of rotatable bonds is 4. The Kier molecular flexibility index (Phi) is 5.64. The second kappa shape index (κ2) is 8.51. The lowest BCUT2D eigenvalue weighted by atomic mass is 9.79. The highest BCUT2D eigenvalue weighted by Gasteiger charge is 2.41. The molecule has 0 fully saturated rings. The third kappa shape index (κ3) is 3.86. The lowest BCUT2D eigenvalue weighted by Crippen LogP contribution is -2.49. The lowest BCUT2D eigenvalue weighted by molar-refractivity contribution is -0.167. The molecule has 3 heterocycles. The number of carbonyl (C=O) groups is 1. The van der Waals surface area contributed by atoms with Gasteiger partial charge in [-0.25, -0.2) is 4.79 Å². The number of carbonyl (C=O) groups excluding carboxylic acids is 1. The number of aromatic nitrogens is 1. The predicted molar refractivity (Wildman–Crippen MR) is 130 cm³/mol. The van der Waals surface area contributed by atoms with Gasteiger partial charge in [-0.2, -0.15) is 0 Å². The molecule has 3 atom stereocenters. The van der Waals surface area contributed by atoms with Crippen LogP contribution >= 0.6 is 0 Å². The number of methoxy groups -OCH3 is 1. The fourth-order valence-electron chi connectivity index (χ4n) is 5.15. The summed E-state index contributed by atoms with van der Waals surface area (Å²) in [7, 11) is 1.40. The van der Waals surface area contributed by atoms with Gasteiger partial charge in [-0.05, 0) is 63.1 Å². The molecule has 0 radical (unpaired) electrons. The Balaban J connectivity index is 1.83. The topological polar surface area (TPSA) is 70.0 Å². The zero-order valence-corrected chi connectivity index (χ0v) is 20.3. The Hall–Kier alpha value is -3.25. The van der Waals surface area contributed by atoms with Crippen LogP contribution in [0.3, 0.4) is 0 Å². The largest absolute Gasteiger partial charge is 0.493 e. The Morgan fingerprint density at radius 1 is 1.15 bits per heavy atom. The number of hydrogen-bond donors (Lipinski definition) is 0. The fourth-order valence-corrected chi connectivity index (χ4v) is 5.15. The molecular weight excluding hydrogens is 428 g/mol. The third-order valence-electron chi connectivity index (χ3n) is 6.49. The number of esters is 1. The van der Waals surface area contributed by atoms with Crippen molar-refractivity contribution in [2.45, 2.75) is 51.9 Å².